The lowest BCUT2D eigenvalue weighted by Gasteiger charge is -2.09. The molecule has 0 saturated carbocycles. The molecule has 3 rings (SSSR count). The summed E-state index contributed by atoms with van der Waals surface area (Å²) in [5.74, 6) is 0. The van der Waals surface area contributed by atoms with E-state index in [-0.39, 0.29) is 5.69 Å². The first-order valence-electron chi connectivity index (χ1n) is 6.59. The first-order valence-corrected chi connectivity index (χ1v) is 6.59. The van der Waals surface area contributed by atoms with E-state index in [0.29, 0.717) is 16.9 Å². The van der Waals surface area contributed by atoms with Crippen molar-refractivity contribution in [1.82, 2.24) is 15.0 Å². The van der Waals surface area contributed by atoms with Gasteiger partial charge in [0.05, 0.1) is 11.3 Å². The molecule has 3 aromatic rings. The number of aromatic nitrogens is 3. The molecular formula is C16H9F3N4. The zero-order valence-electron chi connectivity index (χ0n) is 11.6. The van der Waals surface area contributed by atoms with Crippen molar-refractivity contribution in [2.75, 3.05) is 0 Å². The van der Waals surface area contributed by atoms with Crippen molar-refractivity contribution in [2.45, 2.75) is 6.18 Å². The third kappa shape index (κ3) is 2.79. The quantitative estimate of drug-likeness (QED) is 0.722. The van der Waals surface area contributed by atoms with Crippen molar-refractivity contribution in [1.29, 1.82) is 5.26 Å². The van der Waals surface area contributed by atoms with E-state index in [9.17, 15) is 18.4 Å². The minimum atomic E-state index is -4.40. The predicted molar refractivity (Wildman–Crippen MR) is 76.5 cm³/mol. The molecule has 0 atom stereocenters. The molecule has 0 bridgehead atoms. The molecule has 0 unspecified atom stereocenters. The number of hydrogen-bond donors (Lipinski definition) is 0. The lowest BCUT2D eigenvalue weighted by Crippen LogP contribution is -2.06. The van der Waals surface area contributed by atoms with Crippen molar-refractivity contribution >= 4 is 0 Å². The molecule has 114 valence electrons. The summed E-state index contributed by atoms with van der Waals surface area (Å²) in [6.45, 7) is 0. The van der Waals surface area contributed by atoms with Gasteiger partial charge >= 0.3 is 6.18 Å². The highest BCUT2D eigenvalue weighted by atomic mass is 19.4. The summed E-state index contributed by atoms with van der Waals surface area (Å²) in [5, 5.41) is 16.9. The van der Waals surface area contributed by atoms with E-state index >= 15 is 0 Å². The van der Waals surface area contributed by atoms with E-state index in [2.05, 4.69) is 10.3 Å². The molecule has 0 fully saturated rings. The van der Waals surface area contributed by atoms with Crippen LogP contribution in [0.2, 0.25) is 0 Å². The van der Waals surface area contributed by atoms with E-state index in [1.165, 1.54) is 16.8 Å². The Kier molecular flexibility index (Phi) is 3.58. The molecule has 0 N–H and O–H groups in total. The predicted octanol–water partition coefficient (Wildman–Crippen LogP) is 3.82. The maximum absolute atomic E-state index is 12.6. The Bertz CT molecular complexity index is 859. The second kappa shape index (κ2) is 5.57. The SMILES string of the molecule is N#Cc1nnn(-c2ccc(C(F)(F)F)cc2)c1-c1ccccc1. The molecule has 0 saturated heterocycles. The molecule has 0 spiro atoms. The van der Waals surface area contributed by atoms with Crippen molar-refractivity contribution in [3.8, 4) is 23.0 Å². The Balaban J connectivity index is 2.11. The van der Waals surface area contributed by atoms with Crippen LogP contribution in [0.1, 0.15) is 11.3 Å². The molecule has 0 aliphatic heterocycles. The number of nitrogens with zero attached hydrogens (tertiary/aromatic N) is 4. The lowest BCUT2D eigenvalue weighted by atomic mass is 10.1. The summed E-state index contributed by atoms with van der Waals surface area (Å²) in [7, 11) is 0. The van der Waals surface area contributed by atoms with Gasteiger partial charge in [-0.15, -0.1) is 5.10 Å². The van der Waals surface area contributed by atoms with Gasteiger partial charge in [-0.05, 0) is 24.3 Å². The molecule has 23 heavy (non-hydrogen) atoms. The standard InChI is InChI=1S/C16H9F3N4/c17-16(18,19)12-6-8-13(9-7-12)23-15(14(10-20)21-22-23)11-4-2-1-3-5-11/h1-9H. The summed E-state index contributed by atoms with van der Waals surface area (Å²) in [6, 6.07) is 15.4. The van der Waals surface area contributed by atoms with Crippen LogP contribution in [-0.2, 0) is 6.18 Å². The largest absolute Gasteiger partial charge is 0.416 e. The Morgan fingerprint density at radius 2 is 1.61 bits per heavy atom. The first kappa shape index (κ1) is 14.8. The number of halogens is 3. The highest BCUT2D eigenvalue weighted by molar-refractivity contribution is 5.66. The van der Waals surface area contributed by atoms with Gasteiger partial charge in [0.2, 0.25) is 0 Å². The Morgan fingerprint density at radius 1 is 0.957 bits per heavy atom. The average molecular weight is 314 g/mol. The third-order valence-electron chi connectivity index (χ3n) is 3.26. The smallest absolute Gasteiger partial charge is 0.211 e. The normalized spacial score (nSPS) is 11.2. The lowest BCUT2D eigenvalue weighted by molar-refractivity contribution is -0.137. The molecule has 0 aliphatic rings. The van der Waals surface area contributed by atoms with Crippen LogP contribution in [0.25, 0.3) is 16.9 Å². The number of nitriles is 1. The van der Waals surface area contributed by atoms with Crippen LogP contribution in [-0.4, -0.2) is 15.0 Å². The van der Waals surface area contributed by atoms with Crippen LogP contribution in [0.3, 0.4) is 0 Å². The van der Waals surface area contributed by atoms with Crippen molar-refractivity contribution in [2.24, 2.45) is 0 Å². The van der Waals surface area contributed by atoms with E-state index < -0.39 is 11.7 Å². The Labute approximate surface area is 129 Å². The van der Waals surface area contributed by atoms with Gasteiger partial charge in [0.25, 0.3) is 0 Å². The Morgan fingerprint density at radius 3 is 2.17 bits per heavy atom. The van der Waals surface area contributed by atoms with Gasteiger partial charge in [-0.3, -0.25) is 0 Å². The van der Waals surface area contributed by atoms with Crippen LogP contribution in [0, 0.1) is 11.3 Å². The van der Waals surface area contributed by atoms with Crippen LogP contribution < -0.4 is 0 Å². The fourth-order valence-corrected chi connectivity index (χ4v) is 2.18. The summed E-state index contributed by atoms with van der Waals surface area (Å²) < 4.78 is 39.3. The topological polar surface area (TPSA) is 54.5 Å². The number of hydrogen-bond acceptors (Lipinski definition) is 3. The molecule has 2 aromatic carbocycles. The van der Waals surface area contributed by atoms with Gasteiger partial charge in [-0.1, -0.05) is 35.5 Å². The minimum Gasteiger partial charge on any atom is -0.211 e. The van der Waals surface area contributed by atoms with Gasteiger partial charge in [-0.2, -0.15) is 18.4 Å². The van der Waals surface area contributed by atoms with Gasteiger partial charge < -0.3 is 0 Å². The summed E-state index contributed by atoms with van der Waals surface area (Å²) in [5.41, 5.74) is 0.895. The van der Waals surface area contributed by atoms with Crippen molar-refractivity contribution in [3.05, 3.63) is 65.9 Å². The molecule has 0 aliphatic carbocycles. The second-order valence-corrected chi connectivity index (χ2v) is 4.72. The average Bonchev–Trinajstić information content (AvgIpc) is 2.99. The summed E-state index contributed by atoms with van der Waals surface area (Å²) in [4.78, 5) is 0. The van der Waals surface area contributed by atoms with Gasteiger partial charge in [0.1, 0.15) is 11.8 Å². The summed E-state index contributed by atoms with van der Waals surface area (Å²) >= 11 is 0. The zero-order valence-corrected chi connectivity index (χ0v) is 11.6. The van der Waals surface area contributed by atoms with E-state index in [1.807, 2.05) is 12.1 Å². The maximum Gasteiger partial charge on any atom is 0.416 e. The molecule has 4 nitrogen and oxygen atoms in total. The fourth-order valence-electron chi connectivity index (χ4n) is 2.18. The molecule has 0 radical (unpaired) electrons. The van der Waals surface area contributed by atoms with E-state index in [4.69, 9.17) is 0 Å². The van der Waals surface area contributed by atoms with Crippen LogP contribution in [0.4, 0.5) is 13.2 Å². The molecule has 7 heteroatoms. The second-order valence-electron chi connectivity index (χ2n) is 4.72. The maximum atomic E-state index is 12.6. The van der Waals surface area contributed by atoms with Gasteiger partial charge in [0.15, 0.2) is 5.69 Å². The first-order chi connectivity index (χ1) is 11.0. The molecule has 1 aromatic heterocycles. The van der Waals surface area contributed by atoms with Crippen LogP contribution in [0.15, 0.2) is 54.6 Å². The summed E-state index contributed by atoms with van der Waals surface area (Å²) in [6.07, 6.45) is -4.40. The van der Waals surface area contributed by atoms with Gasteiger partial charge in [0, 0.05) is 5.56 Å². The van der Waals surface area contributed by atoms with Crippen LogP contribution in [0.5, 0.6) is 0 Å². The van der Waals surface area contributed by atoms with Crippen molar-refractivity contribution < 1.29 is 13.2 Å². The highest BCUT2D eigenvalue weighted by Crippen LogP contribution is 2.30. The molecule has 1 heterocycles. The van der Waals surface area contributed by atoms with E-state index in [0.717, 1.165) is 12.1 Å². The fraction of sp³-hybridized carbons (Fsp3) is 0.0625. The third-order valence-corrected chi connectivity index (χ3v) is 3.26. The van der Waals surface area contributed by atoms with E-state index in [1.54, 1.807) is 24.3 Å². The highest BCUT2D eigenvalue weighted by Gasteiger charge is 2.30. The number of benzene rings is 2. The monoisotopic (exact) mass is 314 g/mol. The molecular weight excluding hydrogens is 305 g/mol. The van der Waals surface area contributed by atoms with Crippen molar-refractivity contribution in [3.63, 3.8) is 0 Å². The number of rotatable bonds is 2. The number of alkyl halides is 3. The Hall–Kier alpha value is -3.14. The molecule has 0 amide bonds. The van der Waals surface area contributed by atoms with Gasteiger partial charge in [-0.25, -0.2) is 4.68 Å². The van der Waals surface area contributed by atoms with Crippen LogP contribution >= 0.6 is 0 Å². The minimum absolute atomic E-state index is 0.107. The zero-order chi connectivity index (χ0) is 16.4.